The summed E-state index contributed by atoms with van der Waals surface area (Å²) in [6, 6.07) is 0. The van der Waals surface area contributed by atoms with Crippen LogP contribution in [0.5, 0.6) is 0 Å². The molecule has 1 fully saturated rings. The van der Waals surface area contributed by atoms with Crippen molar-refractivity contribution >= 4 is 18.7 Å². The number of thiol groups is 1. The van der Waals surface area contributed by atoms with Gasteiger partial charge in [0.25, 0.3) is 0 Å². The van der Waals surface area contributed by atoms with Gasteiger partial charge in [0.15, 0.2) is 0 Å². The molecule has 0 radical (unpaired) electrons. The molecule has 94 valence electrons. The quantitative estimate of drug-likeness (QED) is 0.750. The summed E-state index contributed by atoms with van der Waals surface area (Å²) in [6.45, 7) is 5.64. The first kappa shape index (κ1) is 13.7. The number of carbonyl (C=O) groups excluding carboxylic acids is 1. The van der Waals surface area contributed by atoms with Gasteiger partial charge in [0.05, 0.1) is 0 Å². The van der Waals surface area contributed by atoms with E-state index in [4.69, 9.17) is 4.74 Å². The van der Waals surface area contributed by atoms with Crippen molar-refractivity contribution in [1.82, 2.24) is 5.32 Å². The second-order valence-corrected chi connectivity index (χ2v) is 6.04. The van der Waals surface area contributed by atoms with Gasteiger partial charge in [-0.25, -0.2) is 4.79 Å². The molecule has 0 unspecified atom stereocenters. The first-order valence-electron chi connectivity index (χ1n) is 5.99. The minimum absolute atomic E-state index is 0.0654. The molecule has 16 heavy (non-hydrogen) atoms. The second-order valence-electron chi connectivity index (χ2n) is 5.59. The van der Waals surface area contributed by atoms with Crippen LogP contribution in [0.4, 0.5) is 4.79 Å². The third-order valence-corrected chi connectivity index (χ3v) is 3.14. The Morgan fingerprint density at radius 1 is 1.38 bits per heavy atom. The number of carbonyl (C=O) groups is 1. The fourth-order valence-electron chi connectivity index (χ4n) is 2.22. The van der Waals surface area contributed by atoms with Crippen LogP contribution in [0, 0.1) is 0 Å². The fraction of sp³-hybridized carbons (Fsp3) is 0.917. The summed E-state index contributed by atoms with van der Waals surface area (Å²) in [7, 11) is 0. The van der Waals surface area contributed by atoms with E-state index in [0.29, 0.717) is 0 Å². The Morgan fingerprint density at radius 2 is 1.94 bits per heavy atom. The van der Waals surface area contributed by atoms with E-state index in [0.717, 1.165) is 25.0 Å². The van der Waals surface area contributed by atoms with Crippen molar-refractivity contribution in [2.45, 2.75) is 64.0 Å². The van der Waals surface area contributed by atoms with E-state index in [1.807, 2.05) is 20.8 Å². The van der Waals surface area contributed by atoms with E-state index in [1.165, 1.54) is 12.8 Å². The van der Waals surface area contributed by atoms with E-state index in [2.05, 4.69) is 17.9 Å². The summed E-state index contributed by atoms with van der Waals surface area (Å²) in [5, 5.41) is 3.04. The summed E-state index contributed by atoms with van der Waals surface area (Å²) < 4.78 is 5.30. The minimum Gasteiger partial charge on any atom is -0.444 e. The standard InChI is InChI=1S/C12H23NO2S/c1-11(2,3)15-10(14)13-12(8-9-16)6-4-5-7-12/h16H,4-9H2,1-3H3,(H,13,14). The lowest BCUT2D eigenvalue weighted by atomic mass is 9.94. The highest BCUT2D eigenvalue weighted by molar-refractivity contribution is 7.80. The monoisotopic (exact) mass is 245 g/mol. The van der Waals surface area contributed by atoms with Crippen molar-refractivity contribution < 1.29 is 9.53 Å². The van der Waals surface area contributed by atoms with E-state index in [-0.39, 0.29) is 11.6 Å². The molecule has 1 rings (SSSR count). The molecular formula is C12H23NO2S. The molecule has 1 aliphatic rings. The molecule has 1 N–H and O–H groups in total. The van der Waals surface area contributed by atoms with Gasteiger partial charge >= 0.3 is 6.09 Å². The fourth-order valence-corrected chi connectivity index (χ4v) is 2.65. The average Bonchev–Trinajstić information content (AvgIpc) is 2.49. The Morgan fingerprint density at radius 3 is 2.38 bits per heavy atom. The van der Waals surface area contributed by atoms with E-state index in [9.17, 15) is 4.79 Å². The lowest BCUT2D eigenvalue weighted by Gasteiger charge is -2.31. The van der Waals surface area contributed by atoms with Gasteiger partial charge in [-0.1, -0.05) is 12.8 Å². The maximum atomic E-state index is 11.7. The van der Waals surface area contributed by atoms with Gasteiger partial charge in [-0.2, -0.15) is 12.6 Å². The van der Waals surface area contributed by atoms with Crippen molar-refractivity contribution in [3.05, 3.63) is 0 Å². The molecule has 0 aromatic rings. The summed E-state index contributed by atoms with van der Waals surface area (Å²) in [5.74, 6) is 0.801. The van der Waals surface area contributed by atoms with Gasteiger partial charge in [0.2, 0.25) is 0 Å². The third kappa shape index (κ3) is 4.24. The van der Waals surface area contributed by atoms with Crippen molar-refractivity contribution in [1.29, 1.82) is 0 Å². The molecule has 0 heterocycles. The lowest BCUT2D eigenvalue weighted by Crippen LogP contribution is -2.48. The zero-order valence-corrected chi connectivity index (χ0v) is 11.4. The molecule has 0 aromatic carbocycles. The zero-order valence-electron chi connectivity index (χ0n) is 10.5. The summed E-state index contributed by atoms with van der Waals surface area (Å²) >= 11 is 4.27. The maximum absolute atomic E-state index is 11.7. The molecule has 0 atom stereocenters. The summed E-state index contributed by atoms with van der Waals surface area (Å²) in [4.78, 5) is 11.7. The molecule has 0 saturated heterocycles. The van der Waals surface area contributed by atoms with Gasteiger partial charge < -0.3 is 10.1 Å². The highest BCUT2D eigenvalue weighted by atomic mass is 32.1. The smallest absolute Gasteiger partial charge is 0.408 e. The van der Waals surface area contributed by atoms with Crippen LogP contribution in [0.15, 0.2) is 0 Å². The van der Waals surface area contributed by atoms with Crippen LogP contribution in [0.25, 0.3) is 0 Å². The Labute approximate surface area is 104 Å². The van der Waals surface area contributed by atoms with Crippen molar-refractivity contribution in [2.24, 2.45) is 0 Å². The molecule has 1 saturated carbocycles. The predicted octanol–water partition coefficient (Wildman–Crippen LogP) is 3.14. The van der Waals surface area contributed by atoms with Crippen LogP contribution >= 0.6 is 12.6 Å². The first-order chi connectivity index (χ1) is 7.37. The van der Waals surface area contributed by atoms with Gasteiger partial charge in [0.1, 0.15) is 5.60 Å². The zero-order chi connectivity index (χ0) is 12.2. The van der Waals surface area contributed by atoms with Crippen molar-refractivity contribution in [3.8, 4) is 0 Å². The number of amides is 1. The maximum Gasteiger partial charge on any atom is 0.408 e. The lowest BCUT2D eigenvalue weighted by molar-refractivity contribution is 0.0454. The highest BCUT2D eigenvalue weighted by Crippen LogP contribution is 2.33. The number of nitrogens with one attached hydrogen (secondary N) is 1. The van der Waals surface area contributed by atoms with Crippen molar-refractivity contribution in [3.63, 3.8) is 0 Å². The van der Waals surface area contributed by atoms with Gasteiger partial charge in [-0.15, -0.1) is 0 Å². The van der Waals surface area contributed by atoms with Crippen LogP contribution in [-0.4, -0.2) is 23.0 Å². The molecule has 0 bridgehead atoms. The summed E-state index contributed by atoms with van der Waals surface area (Å²) in [6.07, 6.45) is 5.10. The van der Waals surface area contributed by atoms with E-state index < -0.39 is 5.60 Å². The Kier molecular flexibility index (Phi) is 4.53. The number of hydrogen-bond acceptors (Lipinski definition) is 3. The number of hydrogen-bond donors (Lipinski definition) is 2. The Balaban J connectivity index is 2.52. The molecule has 1 aliphatic carbocycles. The molecular weight excluding hydrogens is 222 g/mol. The van der Waals surface area contributed by atoms with Crippen LogP contribution < -0.4 is 5.32 Å². The van der Waals surface area contributed by atoms with Gasteiger partial charge in [-0.05, 0) is 45.8 Å². The van der Waals surface area contributed by atoms with Gasteiger partial charge in [0, 0.05) is 5.54 Å². The van der Waals surface area contributed by atoms with Crippen molar-refractivity contribution in [2.75, 3.05) is 5.75 Å². The summed E-state index contributed by atoms with van der Waals surface area (Å²) in [5.41, 5.74) is -0.491. The Hall–Kier alpha value is -0.380. The first-order valence-corrected chi connectivity index (χ1v) is 6.62. The molecule has 3 nitrogen and oxygen atoms in total. The molecule has 1 amide bonds. The largest absolute Gasteiger partial charge is 0.444 e. The normalized spacial score (nSPS) is 19.5. The van der Waals surface area contributed by atoms with Crippen LogP contribution in [0.2, 0.25) is 0 Å². The third-order valence-electron chi connectivity index (χ3n) is 2.92. The van der Waals surface area contributed by atoms with E-state index >= 15 is 0 Å². The predicted molar refractivity (Wildman–Crippen MR) is 69.0 cm³/mol. The molecule has 4 heteroatoms. The van der Waals surface area contributed by atoms with Gasteiger partial charge in [-0.3, -0.25) is 0 Å². The molecule has 0 aliphatic heterocycles. The number of ether oxygens (including phenoxy) is 1. The minimum atomic E-state index is -0.426. The average molecular weight is 245 g/mol. The molecule has 0 spiro atoms. The second kappa shape index (κ2) is 5.30. The molecule has 0 aromatic heterocycles. The number of alkyl carbamates (subject to hydrolysis) is 1. The Bertz CT molecular complexity index is 242. The SMILES string of the molecule is CC(C)(C)OC(=O)NC1(CCS)CCCC1. The van der Waals surface area contributed by atoms with Crippen LogP contribution in [0.1, 0.15) is 52.9 Å². The number of rotatable bonds is 3. The van der Waals surface area contributed by atoms with Crippen LogP contribution in [-0.2, 0) is 4.74 Å². The van der Waals surface area contributed by atoms with E-state index in [1.54, 1.807) is 0 Å². The topological polar surface area (TPSA) is 38.3 Å². The highest BCUT2D eigenvalue weighted by Gasteiger charge is 2.35. The van der Waals surface area contributed by atoms with Crippen LogP contribution in [0.3, 0.4) is 0 Å².